The van der Waals surface area contributed by atoms with E-state index < -0.39 is 0 Å². The van der Waals surface area contributed by atoms with Gasteiger partial charge in [-0.05, 0) is 19.1 Å². The van der Waals surface area contributed by atoms with Gasteiger partial charge in [-0.15, -0.1) is 0 Å². The van der Waals surface area contributed by atoms with Crippen molar-refractivity contribution < 1.29 is 23.5 Å². The van der Waals surface area contributed by atoms with Crippen LogP contribution in [0.2, 0.25) is 0 Å². The van der Waals surface area contributed by atoms with E-state index in [4.69, 9.17) is 9.15 Å². The fourth-order valence-corrected chi connectivity index (χ4v) is 2.49. The molecule has 0 radical (unpaired) electrons. The Morgan fingerprint density at radius 1 is 1.00 bits per heavy atom. The highest BCUT2D eigenvalue weighted by Gasteiger charge is 2.18. The van der Waals surface area contributed by atoms with Gasteiger partial charge in [0.15, 0.2) is 5.78 Å². The lowest BCUT2D eigenvalue weighted by Gasteiger charge is -2.21. The molecule has 1 aromatic heterocycles. The number of ether oxygens (including phenoxy) is 1. The van der Waals surface area contributed by atoms with Gasteiger partial charge in [0.05, 0.1) is 25.8 Å². The van der Waals surface area contributed by atoms with Gasteiger partial charge in [0.1, 0.15) is 5.76 Å². The highest BCUT2D eigenvalue weighted by atomic mass is 16.5. The fourth-order valence-electron chi connectivity index (χ4n) is 2.49. The zero-order chi connectivity index (χ0) is 18.8. The standard InChI is InChI=1S/C20H23NO5/c1-2-25-20(24)12-13-21(15-17-9-6-14-26-17)19(23)11-10-18(22)16-7-4-3-5-8-16/h3-9,14H,2,10-13,15H2,1H3. The number of hydrogen-bond acceptors (Lipinski definition) is 5. The lowest BCUT2D eigenvalue weighted by atomic mass is 10.1. The lowest BCUT2D eigenvalue weighted by Crippen LogP contribution is -2.33. The van der Waals surface area contributed by atoms with Gasteiger partial charge in [-0.3, -0.25) is 14.4 Å². The maximum Gasteiger partial charge on any atom is 0.307 e. The minimum Gasteiger partial charge on any atom is -0.467 e. The van der Waals surface area contributed by atoms with Gasteiger partial charge < -0.3 is 14.1 Å². The van der Waals surface area contributed by atoms with Crippen LogP contribution in [0.1, 0.15) is 42.3 Å². The van der Waals surface area contributed by atoms with E-state index in [1.54, 1.807) is 43.3 Å². The number of nitrogens with zero attached hydrogens (tertiary/aromatic N) is 1. The molecule has 1 aromatic carbocycles. The highest BCUT2D eigenvalue weighted by Crippen LogP contribution is 2.11. The van der Waals surface area contributed by atoms with Crippen LogP contribution in [0, 0.1) is 0 Å². The van der Waals surface area contributed by atoms with Gasteiger partial charge in [-0.1, -0.05) is 30.3 Å². The molecule has 2 rings (SSSR count). The number of furan rings is 1. The molecule has 0 unspecified atom stereocenters. The predicted molar refractivity (Wildman–Crippen MR) is 95.4 cm³/mol. The molecule has 26 heavy (non-hydrogen) atoms. The van der Waals surface area contributed by atoms with Crippen LogP contribution in [0.3, 0.4) is 0 Å². The second-order valence-electron chi connectivity index (χ2n) is 5.74. The van der Waals surface area contributed by atoms with E-state index in [0.717, 1.165) is 0 Å². The van der Waals surface area contributed by atoms with Gasteiger partial charge >= 0.3 is 5.97 Å². The van der Waals surface area contributed by atoms with E-state index in [2.05, 4.69) is 0 Å². The van der Waals surface area contributed by atoms with Crippen molar-refractivity contribution in [1.29, 1.82) is 0 Å². The first-order valence-electron chi connectivity index (χ1n) is 8.64. The number of amides is 1. The summed E-state index contributed by atoms with van der Waals surface area (Å²) in [5.74, 6) is -0.0148. The smallest absolute Gasteiger partial charge is 0.307 e. The topological polar surface area (TPSA) is 76.8 Å². The number of esters is 1. The first kappa shape index (κ1) is 19.4. The Hall–Kier alpha value is -2.89. The van der Waals surface area contributed by atoms with Crippen molar-refractivity contribution in [3.63, 3.8) is 0 Å². The quantitative estimate of drug-likeness (QED) is 0.482. The van der Waals surface area contributed by atoms with Crippen LogP contribution in [-0.2, 0) is 20.9 Å². The van der Waals surface area contributed by atoms with Crippen LogP contribution in [-0.4, -0.2) is 35.7 Å². The molecule has 1 amide bonds. The van der Waals surface area contributed by atoms with E-state index in [1.165, 1.54) is 11.2 Å². The summed E-state index contributed by atoms with van der Waals surface area (Å²) in [7, 11) is 0. The van der Waals surface area contributed by atoms with E-state index in [-0.39, 0.29) is 50.0 Å². The van der Waals surface area contributed by atoms with E-state index in [1.807, 2.05) is 6.07 Å². The molecule has 0 fully saturated rings. The Balaban J connectivity index is 1.93. The zero-order valence-electron chi connectivity index (χ0n) is 14.8. The zero-order valence-corrected chi connectivity index (χ0v) is 14.8. The molecule has 0 N–H and O–H groups in total. The Morgan fingerprint density at radius 2 is 1.77 bits per heavy atom. The molecule has 0 atom stereocenters. The van der Waals surface area contributed by atoms with Gasteiger partial charge in [-0.25, -0.2) is 0 Å². The van der Waals surface area contributed by atoms with Gasteiger partial charge in [-0.2, -0.15) is 0 Å². The summed E-state index contributed by atoms with van der Waals surface area (Å²) in [5.41, 5.74) is 0.587. The van der Waals surface area contributed by atoms with Crippen LogP contribution in [0.15, 0.2) is 53.1 Å². The van der Waals surface area contributed by atoms with E-state index in [9.17, 15) is 14.4 Å². The predicted octanol–water partition coefficient (Wildman–Crippen LogP) is 3.22. The number of hydrogen-bond donors (Lipinski definition) is 0. The molecule has 0 aliphatic rings. The third kappa shape index (κ3) is 6.20. The van der Waals surface area contributed by atoms with E-state index in [0.29, 0.717) is 17.9 Å². The maximum absolute atomic E-state index is 12.6. The monoisotopic (exact) mass is 357 g/mol. The van der Waals surface area contributed by atoms with Crippen LogP contribution in [0.25, 0.3) is 0 Å². The van der Waals surface area contributed by atoms with Crippen molar-refractivity contribution >= 4 is 17.7 Å². The third-order valence-electron chi connectivity index (χ3n) is 3.83. The van der Waals surface area contributed by atoms with Crippen molar-refractivity contribution in [3.05, 3.63) is 60.1 Å². The number of benzene rings is 1. The number of rotatable bonds is 10. The van der Waals surface area contributed by atoms with Crippen LogP contribution < -0.4 is 0 Å². The summed E-state index contributed by atoms with van der Waals surface area (Å²) in [6.07, 6.45) is 1.84. The second-order valence-corrected chi connectivity index (χ2v) is 5.74. The van der Waals surface area contributed by atoms with Crippen molar-refractivity contribution in [3.8, 4) is 0 Å². The van der Waals surface area contributed by atoms with Crippen LogP contribution in [0.4, 0.5) is 0 Å². The first-order chi connectivity index (χ1) is 12.6. The number of carbonyl (C=O) groups excluding carboxylic acids is 3. The molecule has 0 spiro atoms. The summed E-state index contributed by atoms with van der Waals surface area (Å²) in [6, 6.07) is 12.4. The summed E-state index contributed by atoms with van der Waals surface area (Å²) < 4.78 is 10.2. The Morgan fingerprint density at radius 3 is 2.42 bits per heavy atom. The molecule has 0 bridgehead atoms. The summed E-state index contributed by atoms with van der Waals surface area (Å²) in [5, 5.41) is 0. The number of carbonyl (C=O) groups is 3. The second kappa shape index (κ2) is 10.2. The van der Waals surface area contributed by atoms with Gasteiger partial charge in [0.2, 0.25) is 5.91 Å². The lowest BCUT2D eigenvalue weighted by molar-refractivity contribution is -0.144. The molecule has 0 aliphatic carbocycles. The highest BCUT2D eigenvalue weighted by molar-refractivity contribution is 5.97. The molecule has 2 aromatic rings. The van der Waals surface area contributed by atoms with Crippen molar-refractivity contribution in [2.45, 2.75) is 32.7 Å². The minimum atomic E-state index is -0.356. The normalized spacial score (nSPS) is 10.3. The molecule has 0 aliphatic heterocycles. The van der Waals surface area contributed by atoms with Gasteiger partial charge in [0, 0.05) is 24.9 Å². The Bertz CT molecular complexity index is 709. The third-order valence-corrected chi connectivity index (χ3v) is 3.83. The molecular weight excluding hydrogens is 334 g/mol. The fraction of sp³-hybridized carbons (Fsp3) is 0.350. The minimum absolute atomic E-state index is 0.0806. The molecule has 0 saturated heterocycles. The number of ketones is 1. The molecule has 6 heteroatoms. The summed E-state index contributed by atoms with van der Waals surface area (Å²) in [4.78, 5) is 37.8. The maximum atomic E-state index is 12.6. The van der Waals surface area contributed by atoms with Crippen LogP contribution >= 0.6 is 0 Å². The molecular formula is C20H23NO5. The summed E-state index contributed by atoms with van der Waals surface area (Å²) >= 11 is 0. The van der Waals surface area contributed by atoms with Crippen LogP contribution in [0.5, 0.6) is 0 Å². The Labute approximate surface area is 152 Å². The van der Waals surface area contributed by atoms with E-state index >= 15 is 0 Å². The average molecular weight is 357 g/mol. The van der Waals surface area contributed by atoms with Crippen molar-refractivity contribution in [2.75, 3.05) is 13.2 Å². The van der Waals surface area contributed by atoms with Gasteiger partial charge in [0.25, 0.3) is 0 Å². The molecule has 0 saturated carbocycles. The largest absolute Gasteiger partial charge is 0.467 e. The number of Topliss-reactive ketones (excluding diaryl/α,β-unsaturated/α-hetero) is 1. The summed E-state index contributed by atoms with van der Waals surface area (Å²) in [6.45, 7) is 2.51. The Kier molecular flexibility index (Phi) is 7.61. The molecule has 6 nitrogen and oxygen atoms in total. The molecule has 138 valence electrons. The van der Waals surface area contributed by atoms with Crippen molar-refractivity contribution in [1.82, 2.24) is 4.90 Å². The SMILES string of the molecule is CCOC(=O)CCN(Cc1ccco1)C(=O)CCC(=O)c1ccccc1. The van der Waals surface area contributed by atoms with Crippen molar-refractivity contribution in [2.24, 2.45) is 0 Å². The average Bonchev–Trinajstić information content (AvgIpc) is 3.17. The first-order valence-corrected chi connectivity index (χ1v) is 8.64. The molecule has 1 heterocycles.